The van der Waals surface area contributed by atoms with E-state index in [1.54, 1.807) is 11.9 Å². The van der Waals surface area contributed by atoms with E-state index in [0.29, 0.717) is 26.0 Å². The predicted molar refractivity (Wildman–Crippen MR) is 92.0 cm³/mol. The van der Waals surface area contributed by atoms with Crippen LogP contribution in [0, 0.1) is 18.8 Å². The van der Waals surface area contributed by atoms with Gasteiger partial charge in [-0.3, -0.25) is 9.59 Å². The Kier molecular flexibility index (Phi) is 6.64. The summed E-state index contributed by atoms with van der Waals surface area (Å²) in [6, 6.07) is 7.87. The number of benzene rings is 1. The molecule has 1 fully saturated rings. The van der Waals surface area contributed by atoms with Gasteiger partial charge in [-0.2, -0.15) is 0 Å². The van der Waals surface area contributed by atoms with Gasteiger partial charge >= 0.3 is 5.97 Å². The van der Waals surface area contributed by atoms with Crippen LogP contribution in [0.2, 0.25) is 0 Å². The summed E-state index contributed by atoms with van der Waals surface area (Å²) in [5.74, 6) is -0.352. The normalized spacial score (nSPS) is 20.4. The number of aliphatic carboxylic acids is 1. The first kappa shape index (κ1) is 18.3. The van der Waals surface area contributed by atoms with Gasteiger partial charge < -0.3 is 14.7 Å². The fraction of sp³-hybridized carbons (Fsp3) is 0.579. The lowest BCUT2D eigenvalue weighted by atomic mass is 9.81. The lowest BCUT2D eigenvalue weighted by Gasteiger charge is -2.29. The first-order valence-corrected chi connectivity index (χ1v) is 8.65. The van der Waals surface area contributed by atoms with Gasteiger partial charge in [-0.1, -0.05) is 24.6 Å². The number of carbonyl (C=O) groups excluding carboxylic acids is 1. The fourth-order valence-electron chi connectivity index (χ4n) is 3.26. The fourth-order valence-corrected chi connectivity index (χ4v) is 3.26. The van der Waals surface area contributed by atoms with E-state index in [4.69, 9.17) is 9.84 Å². The number of aryl methyl sites for hydroxylation is 1. The number of carboxylic acid groups (broad SMARTS) is 1. The molecule has 1 aromatic carbocycles. The number of nitrogens with zero attached hydrogens (tertiary/aromatic N) is 1. The maximum Gasteiger partial charge on any atom is 0.306 e. The van der Waals surface area contributed by atoms with E-state index >= 15 is 0 Å². The Hall–Kier alpha value is -2.04. The van der Waals surface area contributed by atoms with Gasteiger partial charge in [-0.15, -0.1) is 0 Å². The van der Waals surface area contributed by atoms with Crippen LogP contribution in [0.5, 0.6) is 5.75 Å². The zero-order valence-corrected chi connectivity index (χ0v) is 14.5. The van der Waals surface area contributed by atoms with E-state index in [-0.39, 0.29) is 17.7 Å². The molecule has 1 N–H and O–H groups in total. The van der Waals surface area contributed by atoms with Crippen molar-refractivity contribution < 1.29 is 19.4 Å². The van der Waals surface area contributed by atoms with Crippen LogP contribution in [-0.2, 0) is 9.59 Å². The minimum Gasteiger partial charge on any atom is -0.493 e. The zero-order chi connectivity index (χ0) is 17.5. The van der Waals surface area contributed by atoms with Gasteiger partial charge in [0.15, 0.2) is 0 Å². The van der Waals surface area contributed by atoms with E-state index in [1.165, 1.54) is 0 Å². The molecule has 5 heteroatoms. The molecule has 0 aliphatic heterocycles. The van der Waals surface area contributed by atoms with Gasteiger partial charge in [0.05, 0.1) is 12.5 Å². The third-order valence-corrected chi connectivity index (χ3v) is 4.74. The van der Waals surface area contributed by atoms with Gasteiger partial charge in [0.1, 0.15) is 5.75 Å². The summed E-state index contributed by atoms with van der Waals surface area (Å²) in [7, 11) is 1.79. The Morgan fingerprint density at radius 2 is 1.96 bits per heavy atom. The van der Waals surface area contributed by atoms with Crippen molar-refractivity contribution in [1.82, 2.24) is 4.90 Å². The Bertz CT molecular complexity index is 572. The van der Waals surface area contributed by atoms with Crippen LogP contribution < -0.4 is 4.74 Å². The van der Waals surface area contributed by atoms with E-state index < -0.39 is 5.97 Å². The molecular weight excluding hydrogens is 306 g/mol. The summed E-state index contributed by atoms with van der Waals surface area (Å²) < 4.78 is 5.75. The van der Waals surface area contributed by atoms with Crippen molar-refractivity contribution in [3.63, 3.8) is 0 Å². The SMILES string of the molecule is Cc1ccccc1OCCCN(C)C(=O)C1CCCC(C(=O)O)C1. The number of amides is 1. The molecule has 5 nitrogen and oxygen atoms in total. The Balaban J connectivity index is 1.73. The van der Waals surface area contributed by atoms with Gasteiger partial charge in [-0.05, 0) is 44.2 Å². The Morgan fingerprint density at radius 3 is 2.67 bits per heavy atom. The molecule has 0 heterocycles. The summed E-state index contributed by atoms with van der Waals surface area (Å²) >= 11 is 0. The predicted octanol–water partition coefficient (Wildman–Crippen LogP) is 3.11. The molecule has 2 rings (SSSR count). The topological polar surface area (TPSA) is 66.8 Å². The first-order valence-electron chi connectivity index (χ1n) is 8.65. The summed E-state index contributed by atoms with van der Waals surface area (Å²) in [4.78, 5) is 25.3. The smallest absolute Gasteiger partial charge is 0.306 e. The molecule has 2 unspecified atom stereocenters. The number of carboxylic acids is 1. The van der Waals surface area contributed by atoms with Gasteiger partial charge in [0.2, 0.25) is 5.91 Å². The third-order valence-electron chi connectivity index (χ3n) is 4.74. The highest BCUT2D eigenvalue weighted by molar-refractivity contribution is 5.80. The second-order valence-corrected chi connectivity index (χ2v) is 6.63. The molecule has 0 saturated heterocycles. The minimum atomic E-state index is -0.776. The van der Waals surface area contributed by atoms with Gasteiger partial charge in [0.25, 0.3) is 0 Å². The molecule has 24 heavy (non-hydrogen) atoms. The average Bonchev–Trinajstić information content (AvgIpc) is 2.59. The van der Waals surface area contributed by atoms with Crippen molar-refractivity contribution >= 4 is 11.9 Å². The lowest BCUT2D eigenvalue weighted by Crippen LogP contribution is -2.37. The second kappa shape index (κ2) is 8.71. The number of hydrogen-bond donors (Lipinski definition) is 1. The van der Waals surface area contributed by atoms with Crippen molar-refractivity contribution in [2.45, 2.75) is 39.0 Å². The number of hydrogen-bond acceptors (Lipinski definition) is 3. The maximum atomic E-state index is 12.5. The summed E-state index contributed by atoms with van der Waals surface area (Å²) in [5, 5.41) is 9.14. The van der Waals surface area contributed by atoms with Crippen LogP contribution in [-0.4, -0.2) is 42.1 Å². The largest absolute Gasteiger partial charge is 0.493 e. The average molecular weight is 333 g/mol. The van der Waals surface area contributed by atoms with E-state index in [2.05, 4.69) is 0 Å². The quantitative estimate of drug-likeness (QED) is 0.779. The van der Waals surface area contributed by atoms with Crippen molar-refractivity contribution in [2.75, 3.05) is 20.2 Å². The lowest BCUT2D eigenvalue weighted by molar-refractivity contribution is -0.145. The highest BCUT2D eigenvalue weighted by Crippen LogP contribution is 2.30. The van der Waals surface area contributed by atoms with Crippen LogP contribution in [0.25, 0.3) is 0 Å². The number of carbonyl (C=O) groups is 2. The van der Waals surface area contributed by atoms with Gasteiger partial charge in [-0.25, -0.2) is 0 Å². The summed E-state index contributed by atoms with van der Waals surface area (Å²) in [5.41, 5.74) is 1.10. The van der Waals surface area contributed by atoms with E-state index in [9.17, 15) is 9.59 Å². The van der Waals surface area contributed by atoms with Crippen molar-refractivity contribution in [3.05, 3.63) is 29.8 Å². The van der Waals surface area contributed by atoms with Crippen LogP contribution in [0.4, 0.5) is 0 Å². The van der Waals surface area contributed by atoms with Crippen molar-refractivity contribution in [1.29, 1.82) is 0 Å². The monoisotopic (exact) mass is 333 g/mol. The van der Waals surface area contributed by atoms with Crippen LogP contribution in [0.1, 0.15) is 37.7 Å². The molecule has 1 aromatic rings. The van der Waals surface area contributed by atoms with Crippen LogP contribution in [0.15, 0.2) is 24.3 Å². The molecule has 1 saturated carbocycles. The summed E-state index contributed by atoms with van der Waals surface area (Å²) in [6.07, 6.45) is 3.53. The molecule has 1 amide bonds. The Labute approximate surface area is 143 Å². The molecule has 0 spiro atoms. The van der Waals surface area contributed by atoms with Gasteiger partial charge in [0, 0.05) is 19.5 Å². The van der Waals surface area contributed by atoms with Crippen molar-refractivity contribution in [3.8, 4) is 5.75 Å². The number of rotatable bonds is 7. The number of para-hydroxylation sites is 1. The molecule has 0 aromatic heterocycles. The maximum absolute atomic E-state index is 12.5. The molecule has 0 bridgehead atoms. The van der Waals surface area contributed by atoms with E-state index in [0.717, 1.165) is 30.6 Å². The minimum absolute atomic E-state index is 0.0665. The highest BCUT2D eigenvalue weighted by Gasteiger charge is 2.32. The number of ether oxygens (including phenoxy) is 1. The molecular formula is C19H27NO4. The second-order valence-electron chi connectivity index (χ2n) is 6.63. The molecule has 132 valence electrons. The molecule has 0 radical (unpaired) electrons. The molecule has 2 atom stereocenters. The highest BCUT2D eigenvalue weighted by atomic mass is 16.5. The first-order chi connectivity index (χ1) is 11.5. The third kappa shape index (κ3) is 4.98. The molecule has 1 aliphatic carbocycles. The van der Waals surface area contributed by atoms with Crippen LogP contribution >= 0.6 is 0 Å². The zero-order valence-electron chi connectivity index (χ0n) is 14.5. The standard InChI is InChI=1S/C19H27NO4/c1-14-7-3-4-10-17(14)24-12-6-11-20(2)18(21)15-8-5-9-16(13-15)19(22)23/h3-4,7,10,15-16H,5-6,8-9,11-13H2,1-2H3,(H,22,23). The molecule has 1 aliphatic rings. The Morgan fingerprint density at radius 1 is 1.25 bits per heavy atom. The van der Waals surface area contributed by atoms with Crippen LogP contribution in [0.3, 0.4) is 0 Å². The van der Waals surface area contributed by atoms with E-state index in [1.807, 2.05) is 31.2 Å². The van der Waals surface area contributed by atoms with Crippen molar-refractivity contribution in [2.24, 2.45) is 11.8 Å². The summed E-state index contributed by atoms with van der Waals surface area (Å²) in [6.45, 7) is 3.19.